The lowest BCUT2D eigenvalue weighted by molar-refractivity contribution is -0.122. The van der Waals surface area contributed by atoms with Crippen LogP contribution < -0.4 is 10.9 Å². The molecule has 0 fully saturated rings. The fourth-order valence-electron chi connectivity index (χ4n) is 3.92. The molecule has 0 bridgehead atoms. The predicted molar refractivity (Wildman–Crippen MR) is 123 cm³/mol. The minimum Gasteiger partial charge on any atom is -0.459 e. The number of nitrogens with zero attached hydrogens (tertiary/aromatic N) is 2. The first-order valence-corrected chi connectivity index (χ1v) is 10.4. The Morgan fingerprint density at radius 2 is 1.81 bits per heavy atom. The Kier molecular flexibility index (Phi) is 5.03. The lowest BCUT2D eigenvalue weighted by atomic mass is 10.0. The number of amides is 1. The number of aromatic nitrogens is 2. The topological polar surface area (TPSA) is 77.1 Å². The van der Waals surface area contributed by atoms with E-state index in [1.54, 1.807) is 6.07 Å². The Morgan fingerprint density at radius 3 is 2.62 bits per heavy atom. The van der Waals surface area contributed by atoms with Gasteiger partial charge in [-0.05, 0) is 36.2 Å². The third-order valence-electron chi connectivity index (χ3n) is 5.54. The second-order valence-corrected chi connectivity index (χ2v) is 7.75. The van der Waals surface area contributed by atoms with Crippen LogP contribution >= 0.6 is 0 Å². The summed E-state index contributed by atoms with van der Waals surface area (Å²) in [7, 11) is 0. The van der Waals surface area contributed by atoms with Gasteiger partial charge in [0.05, 0.1) is 17.2 Å². The van der Waals surface area contributed by atoms with Gasteiger partial charge in [-0.1, -0.05) is 60.7 Å². The van der Waals surface area contributed by atoms with Crippen molar-refractivity contribution in [3.63, 3.8) is 0 Å². The average Bonchev–Trinajstić information content (AvgIpc) is 3.24. The zero-order chi connectivity index (χ0) is 22.1. The van der Waals surface area contributed by atoms with Crippen LogP contribution in [-0.4, -0.2) is 15.5 Å². The SMILES string of the molecule is Cc1cccc2c(=O)n(CC(=O)NC(c3ccccc3)c3cc4ccccc4o3)cnc12. The zero-order valence-corrected chi connectivity index (χ0v) is 17.5. The molecule has 5 rings (SSSR count). The predicted octanol–water partition coefficient (Wildman–Crippen LogP) is 4.36. The van der Waals surface area contributed by atoms with Crippen molar-refractivity contribution in [2.75, 3.05) is 0 Å². The monoisotopic (exact) mass is 423 g/mol. The van der Waals surface area contributed by atoms with Gasteiger partial charge in [0.15, 0.2) is 0 Å². The third-order valence-corrected chi connectivity index (χ3v) is 5.54. The summed E-state index contributed by atoms with van der Waals surface area (Å²) in [6.45, 7) is 1.77. The van der Waals surface area contributed by atoms with Crippen LogP contribution in [0.15, 0.2) is 94.4 Å². The first-order chi connectivity index (χ1) is 15.6. The first kappa shape index (κ1) is 19.8. The van der Waals surface area contributed by atoms with Crippen molar-refractivity contribution in [1.82, 2.24) is 14.9 Å². The highest BCUT2D eigenvalue weighted by atomic mass is 16.3. The Bertz CT molecular complexity index is 1450. The second kappa shape index (κ2) is 8.15. The van der Waals surface area contributed by atoms with Crippen LogP contribution in [0.5, 0.6) is 0 Å². The van der Waals surface area contributed by atoms with Gasteiger partial charge in [0.2, 0.25) is 5.91 Å². The van der Waals surface area contributed by atoms with Crippen LogP contribution in [0.1, 0.15) is 22.9 Å². The summed E-state index contributed by atoms with van der Waals surface area (Å²) in [5.74, 6) is 0.320. The van der Waals surface area contributed by atoms with Crippen molar-refractivity contribution < 1.29 is 9.21 Å². The second-order valence-electron chi connectivity index (χ2n) is 7.75. The number of carbonyl (C=O) groups is 1. The Morgan fingerprint density at radius 1 is 1.03 bits per heavy atom. The number of carbonyl (C=O) groups excluding carboxylic acids is 1. The maximum absolute atomic E-state index is 13.0. The van der Waals surface area contributed by atoms with E-state index < -0.39 is 6.04 Å². The van der Waals surface area contributed by atoms with Gasteiger partial charge in [0.25, 0.3) is 5.56 Å². The van der Waals surface area contributed by atoms with Gasteiger partial charge in [-0.15, -0.1) is 0 Å². The normalized spacial score (nSPS) is 12.2. The molecule has 5 aromatic rings. The molecule has 0 aliphatic rings. The van der Waals surface area contributed by atoms with Crippen molar-refractivity contribution in [2.24, 2.45) is 0 Å². The molecule has 1 unspecified atom stereocenters. The van der Waals surface area contributed by atoms with Crippen molar-refractivity contribution in [2.45, 2.75) is 19.5 Å². The number of nitrogens with one attached hydrogen (secondary N) is 1. The number of fused-ring (bicyclic) bond motifs is 2. The summed E-state index contributed by atoms with van der Waals surface area (Å²) < 4.78 is 7.37. The Balaban J connectivity index is 1.46. The Labute approximate surface area is 184 Å². The number of benzene rings is 3. The Hall–Kier alpha value is -4.19. The summed E-state index contributed by atoms with van der Waals surface area (Å²) >= 11 is 0. The van der Waals surface area contributed by atoms with Crippen LogP contribution in [0.3, 0.4) is 0 Å². The average molecular weight is 423 g/mol. The molecule has 0 aliphatic carbocycles. The van der Waals surface area contributed by atoms with Gasteiger partial charge >= 0.3 is 0 Å². The maximum atomic E-state index is 13.0. The summed E-state index contributed by atoms with van der Waals surface area (Å²) in [5, 5.41) is 4.48. The van der Waals surface area contributed by atoms with Crippen molar-refractivity contribution in [3.05, 3.63) is 112 Å². The third kappa shape index (κ3) is 3.67. The standard InChI is InChI=1S/C26H21N3O3/c1-17-8-7-12-20-24(17)27-16-29(26(20)31)15-23(30)28-25(18-9-3-2-4-10-18)22-14-19-11-5-6-13-21(19)32-22/h2-14,16,25H,15H2,1H3,(H,28,30). The highest BCUT2D eigenvalue weighted by Gasteiger charge is 2.21. The van der Waals surface area contributed by atoms with E-state index in [0.29, 0.717) is 16.7 Å². The molecule has 1 N–H and O–H groups in total. The summed E-state index contributed by atoms with van der Waals surface area (Å²) in [5.41, 5.74) is 2.97. The van der Waals surface area contributed by atoms with E-state index in [-0.39, 0.29) is 18.0 Å². The van der Waals surface area contributed by atoms with Crippen molar-refractivity contribution >= 4 is 27.8 Å². The number of hydrogen-bond acceptors (Lipinski definition) is 4. The largest absolute Gasteiger partial charge is 0.459 e. The van der Waals surface area contributed by atoms with E-state index in [4.69, 9.17) is 4.42 Å². The number of aryl methyl sites for hydroxylation is 1. The summed E-state index contributed by atoms with van der Waals surface area (Å²) in [6.07, 6.45) is 1.43. The molecular formula is C26H21N3O3. The van der Waals surface area contributed by atoms with E-state index in [0.717, 1.165) is 22.1 Å². The fraction of sp³-hybridized carbons (Fsp3) is 0.115. The first-order valence-electron chi connectivity index (χ1n) is 10.4. The van der Waals surface area contributed by atoms with Crippen LogP contribution in [0, 0.1) is 6.92 Å². The van der Waals surface area contributed by atoms with Crippen LogP contribution in [0.2, 0.25) is 0 Å². The van der Waals surface area contributed by atoms with Crippen LogP contribution in [-0.2, 0) is 11.3 Å². The van der Waals surface area contributed by atoms with Gasteiger partial charge in [-0.25, -0.2) is 4.98 Å². The molecule has 0 radical (unpaired) electrons. The van der Waals surface area contributed by atoms with E-state index in [1.165, 1.54) is 10.9 Å². The van der Waals surface area contributed by atoms with Gasteiger partial charge in [-0.3, -0.25) is 14.2 Å². The number of hydrogen-bond donors (Lipinski definition) is 1. The molecule has 6 heteroatoms. The van der Waals surface area contributed by atoms with Gasteiger partial charge in [0.1, 0.15) is 23.9 Å². The molecule has 1 atom stereocenters. The highest BCUT2D eigenvalue weighted by molar-refractivity contribution is 5.82. The van der Waals surface area contributed by atoms with Gasteiger partial charge < -0.3 is 9.73 Å². The van der Waals surface area contributed by atoms with Crippen molar-refractivity contribution in [3.8, 4) is 0 Å². The summed E-state index contributed by atoms with van der Waals surface area (Å²) in [6, 6.07) is 24.2. The maximum Gasteiger partial charge on any atom is 0.261 e. The van der Waals surface area contributed by atoms with Gasteiger partial charge in [-0.2, -0.15) is 0 Å². The minimum absolute atomic E-state index is 0.140. The summed E-state index contributed by atoms with van der Waals surface area (Å²) in [4.78, 5) is 30.3. The molecule has 2 aromatic heterocycles. The quantitative estimate of drug-likeness (QED) is 0.456. The molecule has 158 valence electrons. The molecule has 0 saturated heterocycles. The molecule has 1 amide bonds. The molecule has 0 saturated carbocycles. The lowest BCUT2D eigenvalue weighted by Crippen LogP contribution is -2.35. The van der Waals surface area contributed by atoms with Crippen LogP contribution in [0.25, 0.3) is 21.9 Å². The molecule has 0 spiro atoms. The molecule has 2 heterocycles. The molecule has 0 aliphatic heterocycles. The van der Waals surface area contributed by atoms with E-state index >= 15 is 0 Å². The fourth-order valence-corrected chi connectivity index (χ4v) is 3.92. The van der Waals surface area contributed by atoms with Gasteiger partial charge in [0, 0.05) is 5.39 Å². The zero-order valence-electron chi connectivity index (χ0n) is 17.5. The molecular weight excluding hydrogens is 402 g/mol. The number of para-hydroxylation sites is 2. The molecule has 32 heavy (non-hydrogen) atoms. The van der Waals surface area contributed by atoms with Crippen molar-refractivity contribution in [1.29, 1.82) is 0 Å². The molecule has 3 aromatic carbocycles. The lowest BCUT2D eigenvalue weighted by Gasteiger charge is -2.17. The number of rotatable bonds is 5. The highest BCUT2D eigenvalue weighted by Crippen LogP contribution is 2.28. The van der Waals surface area contributed by atoms with E-state index in [9.17, 15) is 9.59 Å². The number of furan rings is 1. The van der Waals surface area contributed by atoms with Crippen LogP contribution in [0.4, 0.5) is 0 Å². The van der Waals surface area contributed by atoms with E-state index in [1.807, 2.05) is 79.7 Å². The minimum atomic E-state index is -0.484. The molecule has 6 nitrogen and oxygen atoms in total. The smallest absolute Gasteiger partial charge is 0.261 e. The van der Waals surface area contributed by atoms with E-state index in [2.05, 4.69) is 10.3 Å².